The zero-order valence-corrected chi connectivity index (χ0v) is 13.1. The van der Waals surface area contributed by atoms with Crippen molar-refractivity contribution in [1.82, 2.24) is 5.32 Å². The molecule has 0 radical (unpaired) electrons. The average molecular weight is 293 g/mol. The third-order valence-electron chi connectivity index (χ3n) is 5.49. The Bertz CT molecular complexity index is 709. The van der Waals surface area contributed by atoms with Crippen LogP contribution in [0.15, 0.2) is 36.4 Å². The zero-order valence-electron chi connectivity index (χ0n) is 13.1. The predicted molar refractivity (Wildman–Crippen MR) is 90.3 cm³/mol. The molecule has 2 aromatic rings. The number of ketones is 1. The summed E-state index contributed by atoms with van der Waals surface area (Å²) in [6, 6.07) is 13.6. The molecule has 2 heteroatoms. The fourth-order valence-corrected chi connectivity index (χ4v) is 4.36. The molecule has 2 atom stereocenters. The molecule has 2 heterocycles. The Morgan fingerprint density at radius 3 is 2.41 bits per heavy atom. The summed E-state index contributed by atoms with van der Waals surface area (Å²) < 4.78 is 0. The van der Waals surface area contributed by atoms with Crippen molar-refractivity contribution in [2.24, 2.45) is 5.92 Å². The van der Waals surface area contributed by atoms with Gasteiger partial charge in [0.25, 0.3) is 0 Å². The van der Waals surface area contributed by atoms with Gasteiger partial charge in [-0.2, -0.15) is 0 Å². The van der Waals surface area contributed by atoms with Gasteiger partial charge in [-0.3, -0.25) is 4.79 Å². The predicted octanol–water partition coefficient (Wildman–Crippen LogP) is 4.25. The second-order valence-electron chi connectivity index (χ2n) is 7.00. The van der Waals surface area contributed by atoms with Crippen LogP contribution in [-0.4, -0.2) is 17.9 Å². The highest BCUT2D eigenvalue weighted by molar-refractivity contribution is 6.09. The van der Waals surface area contributed by atoms with Crippen LogP contribution in [-0.2, 0) is 0 Å². The van der Waals surface area contributed by atoms with Crippen molar-refractivity contribution in [2.75, 3.05) is 0 Å². The first-order chi connectivity index (χ1) is 10.7. The number of Topliss-reactive ketones (excluding diaryl/α,β-unsaturated/α-hetero) is 1. The Morgan fingerprint density at radius 2 is 1.68 bits per heavy atom. The number of hydrogen-bond donors (Lipinski definition) is 1. The second-order valence-corrected chi connectivity index (χ2v) is 7.00. The van der Waals surface area contributed by atoms with Crippen LogP contribution in [0.25, 0.3) is 10.8 Å². The van der Waals surface area contributed by atoms with Gasteiger partial charge in [0, 0.05) is 23.6 Å². The number of aryl methyl sites for hydroxylation is 1. The molecule has 2 aliphatic heterocycles. The van der Waals surface area contributed by atoms with Crippen LogP contribution < -0.4 is 5.32 Å². The number of benzene rings is 2. The molecule has 114 valence electrons. The van der Waals surface area contributed by atoms with E-state index in [4.69, 9.17) is 0 Å². The van der Waals surface area contributed by atoms with E-state index in [1.807, 2.05) is 12.1 Å². The number of rotatable bonds is 2. The Morgan fingerprint density at radius 1 is 1.00 bits per heavy atom. The lowest BCUT2D eigenvalue weighted by molar-refractivity contribution is 0.0827. The fraction of sp³-hybridized carbons (Fsp3) is 0.450. The molecule has 0 aromatic heterocycles. The summed E-state index contributed by atoms with van der Waals surface area (Å²) in [4.78, 5) is 13.1. The van der Waals surface area contributed by atoms with Crippen molar-refractivity contribution in [2.45, 2.75) is 51.1 Å². The number of fused-ring (bicyclic) bond motifs is 3. The Hall–Kier alpha value is -1.67. The van der Waals surface area contributed by atoms with Gasteiger partial charge >= 0.3 is 0 Å². The molecule has 2 aliphatic rings. The number of carbonyl (C=O) groups is 1. The number of carbonyl (C=O) groups excluding carboxylic acids is 1. The summed E-state index contributed by atoms with van der Waals surface area (Å²) in [6.45, 7) is 2.12. The van der Waals surface area contributed by atoms with Gasteiger partial charge in [-0.15, -0.1) is 0 Å². The van der Waals surface area contributed by atoms with E-state index >= 15 is 0 Å². The number of hydrogen-bond acceptors (Lipinski definition) is 2. The molecule has 2 saturated heterocycles. The third-order valence-corrected chi connectivity index (χ3v) is 5.49. The molecule has 1 N–H and O–H groups in total. The molecule has 2 fully saturated rings. The minimum absolute atomic E-state index is 0.197. The molecule has 2 aromatic carbocycles. The summed E-state index contributed by atoms with van der Waals surface area (Å²) in [7, 11) is 0. The van der Waals surface area contributed by atoms with Crippen LogP contribution in [0.3, 0.4) is 0 Å². The molecule has 4 rings (SSSR count). The smallest absolute Gasteiger partial charge is 0.166 e. The van der Waals surface area contributed by atoms with E-state index in [1.54, 1.807) is 0 Å². The summed E-state index contributed by atoms with van der Waals surface area (Å²) in [5, 5.41) is 6.02. The summed E-state index contributed by atoms with van der Waals surface area (Å²) in [5.41, 5.74) is 2.17. The Balaban J connectivity index is 1.70. The van der Waals surface area contributed by atoms with E-state index in [0.717, 1.165) is 23.8 Å². The highest BCUT2D eigenvalue weighted by atomic mass is 16.1. The maximum Gasteiger partial charge on any atom is 0.166 e. The van der Waals surface area contributed by atoms with Gasteiger partial charge in [0.05, 0.1) is 0 Å². The Kier molecular flexibility index (Phi) is 3.50. The Labute approximate surface area is 131 Å². The van der Waals surface area contributed by atoms with Gasteiger partial charge in [-0.05, 0) is 48.9 Å². The minimum Gasteiger partial charge on any atom is -0.311 e. The molecule has 2 unspecified atom stereocenters. The van der Waals surface area contributed by atoms with Crippen molar-refractivity contribution in [3.8, 4) is 0 Å². The first-order valence-corrected chi connectivity index (χ1v) is 8.51. The second kappa shape index (κ2) is 5.51. The molecule has 0 spiro atoms. The lowest BCUT2D eigenvalue weighted by Gasteiger charge is -2.39. The summed E-state index contributed by atoms with van der Waals surface area (Å²) in [6.07, 6.45) is 5.80. The van der Waals surface area contributed by atoms with E-state index in [2.05, 4.69) is 36.5 Å². The topological polar surface area (TPSA) is 29.1 Å². The van der Waals surface area contributed by atoms with E-state index in [-0.39, 0.29) is 5.92 Å². The molecule has 0 amide bonds. The van der Waals surface area contributed by atoms with Gasteiger partial charge in [0.1, 0.15) is 0 Å². The van der Waals surface area contributed by atoms with Crippen LogP contribution in [0.4, 0.5) is 0 Å². The maximum atomic E-state index is 13.1. The van der Waals surface area contributed by atoms with Crippen molar-refractivity contribution < 1.29 is 4.79 Å². The molecular weight excluding hydrogens is 270 g/mol. The van der Waals surface area contributed by atoms with Gasteiger partial charge in [0.15, 0.2) is 5.78 Å². The fourth-order valence-electron chi connectivity index (χ4n) is 4.36. The van der Waals surface area contributed by atoms with Gasteiger partial charge in [0.2, 0.25) is 0 Å². The number of piperidine rings is 2. The van der Waals surface area contributed by atoms with E-state index in [9.17, 15) is 4.79 Å². The van der Waals surface area contributed by atoms with Crippen molar-refractivity contribution >= 4 is 16.6 Å². The normalized spacial score (nSPS) is 27.8. The van der Waals surface area contributed by atoms with Gasteiger partial charge in [-0.25, -0.2) is 0 Å². The van der Waals surface area contributed by atoms with Crippen LogP contribution in [0, 0.1) is 12.8 Å². The molecule has 0 aliphatic carbocycles. The molecule has 22 heavy (non-hydrogen) atoms. The van der Waals surface area contributed by atoms with E-state index in [1.165, 1.54) is 30.2 Å². The third kappa shape index (κ3) is 2.36. The maximum absolute atomic E-state index is 13.1. The summed E-state index contributed by atoms with van der Waals surface area (Å²) in [5.74, 6) is 0.553. The van der Waals surface area contributed by atoms with Crippen LogP contribution in [0.2, 0.25) is 0 Å². The van der Waals surface area contributed by atoms with Crippen molar-refractivity contribution in [3.05, 3.63) is 47.5 Å². The van der Waals surface area contributed by atoms with Crippen molar-refractivity contribution in [3.63, 3.8) is 0 Å². The molecular formula is C20H23NO. The highest BCUT2D eigenvalue weighted by Gasteiger charge is 2.35. The quantitative estimate of drug-likeness (QED) is 0.839. The van der Waals surface area contributed by atoms with Gasteiger partial charge in [-0.1, -0.05) is 42.8 Å². The van der Waals surface area contributed by atoms with Crippen LogP contribution >= 0.6 is 0 Å². The van der Waals surface area contributed by atoms with E-state index in [0.29, 0.717) is 17.9 Å². The first kappa shape index (κ1) is 14.0. The lowest BCUT2D eigenvalue weighted by Crippen LogP contribution is -2.50. The summed E-state index contributed by atoms with van der Waals surface area (Å²) >= 11 is 0. The standard InChI is InChI=1S/C20H23NO/c1-13-9-10-19(18-8-3-2-7-17(13)18)20(22)14-11-15-5-4-6-16(12-14)21-15/h2-3,7-10,14-16,21H,4-6,11-12H2,1H3. The first-order valence-electron chi connectivity index (χ1n) is 8.51. The number of nitrogens with one attached hydrogen (secondary N) is 1. The zero-order chi connectivity index (χ0) is 15.1. The SMILES string of the molecule is Cc1ccc(C(=O)C2CC3CCCC(C2)N3)c2ccccc12. The van der Waals surface area contributed by atoms with E-state index < -0.39 is 0 Å². The van der Waals surface area contributed by atoms with Crippen molar-refractivity contribution in [1.29, 1.82) is 0 Å². The molecule has 2 bridgehead atoms. The lowest BCUT2D eigenvalue weighted by atomic mass is 9.76. The van der Waals surface area contributed by atoms with Crippen LogP contribution in [0.5, 0.6) is 0 Å². The van der Waals surface area contributed by atoms with Gasteiger partial charge < -0.3 is 5.32 Å². The minimum atomic E-state index is 0.197. The van der Waals surface area contributed by atoms with Crippen LogP contribution in [0.1, 0.15) is 48.0 Å². The largest absolute Gasteiger partial charge is 0.311 e. The molecule has 2 nitrogen and oxygen atoms in total. The highest BCUT2D eigenvalue weighted by Crippen LogP contribution is 2.33. The monoisotopic (exact) mass is 293 g/mol. The average Bonchev–Trinajstić information content (AvgIpc) is 2.54. The molecule has 0 saturated carbocycles.